The fourth-order valence-electron chi connectivity index (χ4n) is 3.46. The molecule has 0 aromatic heterocycles. The van der Waals surface area contributed by atoms with Crippen LogP contribution in [-0.2, 0) is 4.79 Å². The van der Waals surface area contributed by atoms with Gasteiger partial charge in [-0.15, -0.1) is 0 Å². The quantitative estimate of drug-likeness (QED) is 0.109. The second-order valence-corrected chi connectivity index (χ2v) is 12.6. The monoisotopic (exact) mass is 494 g/mol. The number of alkyl halides is 1. The Morgan fingerprint density at radius 2 is 1.50 bits per heavy atom. The van der Waals surface area contributed by atoms with Crippen molar-refractivity contribution in [3.8, 4) is 0 Å². The molecule has 5 atom stereocenters. The van der Waals surface area contributed by atoms with E-state index in [1.807, 2.05) is 13.8 Å². The molecule has 5 unspecified atom stereocenters. The van der Waals surface area contributed by atoms with E-state index in [-0.39, 0.29) is 27.8 Å². The maximum Gasteiger partial charge on any atom is 0.226 e. The van der Waals surface area contributed by atoms with Gasteiger partial charge in [-0.1, -0.05) is 104 Å². The summed E-state index contributed by atoms with van der Waals surface area (Å²) >= 11 is 7.21. The third-order valence-electron chi connectivity index (χ3n) is 5.71. The van der Waals surface area contributed by atoms with E-state index >= 15 is 0 Å². The minimum Gasteiger partial charge on any atom is -0.345 e. The van der Waals surface area contributed by atoms with Gasteiger partial charge in [-0.25, -0.2) is 0 Å². The van der Waals surface area contributed by atoms with E-state index in [9.17, 15) is 4.79 Å². The molecule has 1 radical (unpaired) electrons. The lowest BCUT2D eigenvalue weighted by atomic mass is 9.45. The van der Waals surface area contributed by atoms with Crippen LogP contribution >= 0.6 is 35.2 Å². The topological polar surface area (TPSA) is 29.1 Å². The van der Waals surface area contributed by atoms with Gasteiger partial charge >= 0.3 is 0 Å². The van der Waals surface area contributed by atoms with Gasteiger partial charge in [0.15, 0.2) is 0 Å². The van der Waals surface area contributed by atoms with Gasteiger partial charge in [0.25, 0.3) is 0 Å². The molecule has 153 valence electrons. The zero-order valence-electron chi connectivity index (χ0n) is 18.7. The van der Waals surface area contributed by atoms with Crippen molar-refractivity contribution >= 4 is 48.4 Å². The Morgan fingerprint density at radius 1 is 1.00 bits per heavy atom. The summed E-state index contributed by atoms with van der Waals surface area (Å²) in [6.45, 7) is 22.1. The summed E-state index contributed by atoms with van der Waals surface area (Å²) < 4.78 is 0.658. The molecule has 0 bridgehead atoms. The fraction of sp³-hybridized carbons (Fsp3) is 0.952. The lowest BCUT2D eigenvalue weighted by Gasteiger charge is -2.34. The predicted molar refractivity (Wildman–Crippen MR) is 130 cm³/mol. The van der Waals surface area contributed by atoms with Crippen LogP contribution in [0.4, 0.5) is 0 Å². The highest BCUT2D eigenvalue weighted by molar-refractivity contribution is 14.1. The van der Waals surface area contributed by atoms with E-state index < -0.39 is 0 Å². The number of thiol groups is 1. The number of halogens is 1. The van der Waals surface area contributed by atoms with Gasteiger partial charge in [-0.05, 0) is 30.0 Å². The molecule has 0 rings (SSSR count). The second kappa shape index (κ2) is 11.0. The van der Waals surface area contributed by atoms with Crippen molar-refractivity contribution in [1.29, 1.82) is 0 Å². The van der Waals surface area contributed by atoms with Gasteiger partial charge < -0.3 is 5.32 Å². The largest absolute Gasteiger partial charge is 0.345 e. The summed E-state index contributed by atoms with van der Waals surface area (Å²) in [7, 11) is 2.37. The molecule has 0 aliphatic carbocycles. The predicted octanol–water partition coefficient (Wildman–Crippen LogP) is 6.63. The van der Waals surface area contributed by atoms with E-state index in [0.29, 0.717) is 21.7 Å². The molecular formula is C21H42BINOS. The number of carbonyl (C=O) groups is 1. The van der Waals surface area contributed by atoms with Crippen LogP contribution in [0, 0.1) is 23.2 Å². The van der Waals surface area contributed by atoms with Crippen LogP contribution in [0.25, 0.3) is 0 Å². The van der Waals surface area contributed by atoms with Gasteiger partial charge in [0, 0.05) is 9.34 Å². The Labute approximate surface area is 183 Å². The summed E-state index contributed by atoms with van der Waals surface area (Å²) in [5, 5.41) is 3.14. The Bertz CT molecular complexity index is 440. The number of nitrogens with one attached hydrogen (secondary N) is 1. The van der Waals surface area contributed by atoms with Crippen molar-refractivity contribution in [3.63, 3.8) is 0 Å². The third kappa shape index (κ3) is 9.70. The first-order valence-electron chi connectivity index (χ1n) is 10.1. The molecule has 0 aliphatic rings. The van der Waals surface area contributed by atoms with Gasteiger partial charge in [-0.2, -0.15) is 12.6 Å². The van der Waals surface area contributed by atoms with Crippen molar-refractivity contribution in [2.45, 2.75) is 103 Å². The molecular weight excluding hydrogens is 452 g/mol. The Balaban J connectivity index is 4.74. The number of hydrogen-bond acceptors (Lipinski definition) is 2. The van der Waals surface area contributed by atoms with Crippen LogP contribution in [0.2, 0.25) is 11.1 Å². The molecule has 1 amide bonds. The normalized spacial score (nSPS) is 18.8. The van der Waals surface area contributed by atoms with Crippen molar-refractivity contribution in [2.75, 3.05) is 0 Å². The molecule has 0 aliphatic heterocycles. The van der Waals surface area contributed by atoms with Crippen molar-refractivity contribution in [3.05, 3.63) is 0 Å². The van der Waals surface area contributed by atoms with E-state index in [2.05, 4.69) is 90.6 Å². The molecule has 2 nitrogen and oxygen atoms in total. The highest BCUT2D eigenvalue weighted by Gasteiger charge is 2.34. The highest BCUT2D eigenvalue weighted by Crippen LogP contribution is 2.38. The minimum absolute atomic E-state index is 0.109. The van der Waals surface area contributed by atoms with Gasteiger partial charge in [-0.3, -0.25) is 4.79 Å². The molecule has 0 heterocycles. The van der Waals surface area contributed by atoms with Crippen LogP contribution in [0.3, 0.4) is 0 Å². The molecule has 1 N–H and O–H groups in total. The zero-order chi connectivity index (χ0) is 20.9. The van der Waals surface area contributed by atoms with E-state index in [0.717, 1.165) is 12.8 Å². The fourth-order valence-corrected chi connectivity index (χ4v) is 3.92. The number of amides is 1. The van der Waals surface area contributed by atoms with Gasteiger partial charge in [0.2, 0.25) is 5.91 Å². The molecule has 0 aromatic rings. The Morgan fingerprint density at radius 3 is 1.92 bits per heavy atom. The molecule has 26 heavy (non-hydrogen) atoms. The van der Waals surface area contributed by atoms with E-state index in [4.69, 9.17) is 12.6 Å². The van der Waals surface area contributed by atoms with Crippen LogP contribution in [-0.4, -0.2) is 22.5 Å². The molecule has 0 saturated heterocycles. The SMILES string of the molecule is CC(C)C(C)CC(C)(C)C(=O)NC(S)C(C)[B]C(C)(C)CC(C)C(C)I. The summed E-state index contributed by atoms with van der Waals surface area (Å²) in [6.07, 6.45) is 2.04. The molecule has 5 heteroatoms. The van der Waals surface area contributed by atoms with Crippen LogP contribution in [0.1, 0.15) is 82.1 Å². The summed E-state index contributed by atoms with van der Waals surface area (Å²) in [5.41, 5.74) is -0.370. The van der Waals surface area contributed by atoms with Crippen molar-refractivity contribution in [2.24, 2.45) is 23.2 Å². The summed E-state index contributed by atoms with van der Waals surface area (Å²) in [6, 6.07) is 0. The Kier molecular flexibility index (Phi) is 11.2. The summed E-state index contributed by atoms with van der Waals surface area (Å²) in [5.74, 6) is 2.10. The first-order chi connectivity index (χ1) is 11.6. The molecule has 0 spiro atoms. The maximum atomic E-state index is 12.8. The van der Waals surface area contributed by atoms with Crippen molar-refractivity contribution in [1.82, 2.24) is 5.32 Å². The average Bonchev–Trinajstić information content (AvgIpc) is 2.44. The minimum atomic E-state index is -0.370. The van der Waals surface area contributed by atoms with Crippen LogP contribution in [0.5, 0.6) is 0 Å². The Hall–Kier alpha value is 0.615. The average molecular weight is 494 g/mol. The highest BCUT2D eigenvalue weighted by atomic mass is 127. The van der Waals surface area contributed by atoms with Crippen molar-refractivity contribution < 1.29 is 4.79 Å². The van der Waals surface area contributed by atoms with Crippen LogP contribution < -0.4 is 5.32 Å². The second-order valence-electron chi connectivity index (χ2n) is 10.1. The first-order valence-corrected chi connectivity index (χ1v) is 11.8. The number of rotatable bonds is 11. The lowest BCUT2D eigenvalue weighted by molar-refractivity contribution is -0.130. The van der Waals surface area contributed by atoms with Gasteiger partial charge in [0.05, 0.1) is 5.37 Å². The first kappa shape index (κ1) is 26.6. The molecule has 0 fully saturated rings. The standard InChI is InChI=1S/C21H42BINOS/c1-13(2)14(3)11-20(7,8)19(25)24-18(26)16(5)22-21(9,10)12-15(4)17(6)23/h13-18,26H,11-12H2,1-10H3,(H,24,25). The molecule has 0 saturated carbocycles. The van der Waals surface area contributed by atoms with E-state index in [1.54, 1.807) is 0 Å². The lowest BCUT2D eigenvalue weighted by Crippen LogP contribution is -2.44. The number of hydrogen-bond donors (Lipinski definition) is 2. The van der Waals surface area contributed by atoms with Crippen LogP contribution in [0.15, 0.2) is 0 Å². The smallest absolute Gasteiger partial charge is 0.226 e. The number of carbonyl (C=O) groups excluding carboxylic acids is 1. The van der Waals surface area contributed by atoms with Gasteiger partial charge in [0.1, 0.15) is 7.28 Å². The maximum absolute atomic E-state index is 12.8. The summed E-state index contributed by atoms with van der Waals surface area (Å²) in [4.78, 5) is 12.8. The third-order valence-corrected chi connectivity index (χ3v) is 7.54. The van der Waals surface area contributed by atoms with E-state index in [1.165, 1.54) is 0 Å². The molecule has 0 aromatic carbocycles. The zero-order valence-corrected chi connectivity index (χ0v) is 21.7.